The van der Waals surface area contributed by atoms with E-state index in [1.54, 1.807) is 0 Å². The largest absolute Gasteiger partial charge is 0.478 e. The molecule has 0 unspecified atom stereocenters. The van der Waals surface area contributed by atoms with Gasteiger partial charge in [0, 0.05) is 11.1 Å². The molecule has 0 heterocycles. The summed E-state index contributed by atoms with van der Waals surface area (Å²) in [4.78, 5) is 10.2. The zero-order chi connectivity index (χ0) is 7.28. The van der Waals surface area contributed by atoms with E-state index in [-0.39, 0.29) is 5.57 Å². The molecule has 0 saturated heterocycles. The second-order valence-corrected chi connectivity index (χ2v) is 1.91. The van der Waals surface area contributed by atoms with Gasteiger partial charge in [0.1, 0.15) is 0 Å². The lowest BCUT2D eigenvalue weighted by atomic mass is 10.2. The summed E-state index contributed by atoms with van der Waals surface area (Å²) in [7, 11) is 0. The van der Waals surface area contributed by atoms with Gasteiger partial charge in [0.15, 0.2) is 0 Å². The van der Waals surface area contributed by atoms with Crippen LogP contribution in [0.2, 0.25) is 0 Å². The summed E-state index contributed by atoms with van der Waals surface area (Å²) >= 11 is 5.20. The Hall–Kier alpha value is -0.500. The zero-order valence-electron chi connectivity index (χ0n) is 5.22. The molecule has 0 aliphatic heterocycles. The van der Waals surface area contributed by atoms with Crippen LogP contribution in [0.25, 0.3) is 0 Å². The predicted octanol–water partition coefficient (Wildman–Crippen LogP) is 1.99. The monoisotopic (exact) mass is 148 g/mol. The Morgan fingerprint density at radius 3 is 2.44 bits per heavy atom. The number of rotatable bonds is 3. The highest BCUT2D eigenvalue weighted by Gasteiger charge is 2.02. The molecule has 0 spiro atoms. The Kier molecular flexibility index (Phi) is 4.14. The van der Waals surface area contributed by atoms with E-state index < -0.39 is 5.97 Å². The van der Waals surface area contributed by atoms with E-state index in [1.165, 1.54) is 0 Å². The molecule has 0 saturated carbocycles. The fraction of sp³-hybridized carbons (Fsp3) is 0.500. The molecule has 0 bridgehead atoms. The first-order valence-corrected chi connectivity index (χ1v) is 3.18. The summed E-state index contributed by atoms with van der Waals surface area (Å²) in [6.45, 7) is 1.91. The van der Waals surface area contributed by atoms with Crippen molar-refractivity contribution in [1.29, 1.82) is 0 Å². The first-order valence-electron chi connectivity index (χ1n) is 2.75. The molecule has 0 aliphatic rings. The van der Waals surface area contributed by atoms with Gasteiger partial charge in [0.05, 0.1) is 0 Å². The summed E-state index contributed by atoms with van der Waals surface area (Å²) in [5.74, 6) is -0.924. The maximum absolute atomic E-state index is 10.2. The third-order valence-electron chi connectivity index (χ3n) is 0.926. The lowest BCUT2D eigenvalue weighted by Gasteiger charge is -1.93. The van der Waals surface area contributed by atoms with Gasteiger partial charge in [-0.25, -0.2) is 4.79 Å². The second-order valence-electron chi connectivity index (χ2n) is 1.69. The van der Waals surface area contributed by atoms with E-state index in [2.05, 4.69) is 0 Å². The van der Waals surface area contributed by atoms with Gasteiger partial charge in [-0.1, -0.05) is 24.9 Å². The Balaban J connectivity index is 3.85. The molecule has 0 aromatic rings. The van der Waals surface area contributed by atoms with Crippen LogP contribution >= 0.6 is 11.6 Å². The molecule has 2 nitrogen and oxygen atoms in total. The SMILES string of the molecule is CCCC(=CCl)C(=O)O. The number of halogens is 1. The van der Waals surface area contributed by atoms with Gasteiger partial charge in [-0.15, -0.1) is 0 Å². The van der Waals surface area contributed by atoms with Crippen LogP contribution in [0.3, 0.4) is 0 Å². The topological polar surface area (TPSA) is 37.3 Å². The Labute approximate surface area is 59.1 Å². The first kappa shape index (κ1) is 8.50. The molecule has 0 rings (SSSR count). The normalized spacial score (nSPS) is 11.6. The van der Waals surface area contributed by atoms with Gasteiger partial charge >= 0.3 is 5.97 Å². The molecule has 0 radical (unpaired) electrons. The van der Waals surface area contributed by atoms with Gasteiger partial charge in [-0.2, -0.15) is 0 Å². The molecule has 9 heavy (non-hydrogen) atoms. The van der Waals surface area contributed by atoms with E-state index in [9.17, 15) is 4.79 Å². The average molecular weight is 149 g/mol. The van der Waals surface area contributed by atoms with Crippen molar-refractivity contribution in [3.05, 3.63) is 11.1 Å². The molecule has 1 N–H and O–H groups in total. The van der Waals surface area contributed by atoms with E-state index in [0.717, 1.165) is 12.0 Å². The summed E-state index contributed by atoms with van der Waals surface area (Å²) in [5.41, 5.74) is 1.39. The van der Waals surface area contributed by atoms with Crippen LogP contribution in [-0.4, -0.2) is 11.1 Å². The molecule has 3 heteroatoms. The van der Waals surface area contributed by atoms with Gasteiger partial charge in [-0.05, 0) is 6.42 Å². The summed E-state index contributed by atoms with van der Waals surface area (Å²) in [6, 6.07) is 0. The van der Waals surface area contributed by atoms with E-state index in [0.29, 0.717) is 6.42 Å². The van der Waals surface area contributed by atoms with Crippen LogP contribution in [0.15, 0.2) is 11.1 Å². The number of carboxylic acid groups (broad SMARTS) is 1. The Morgan fingerprint density at radius 1 is 1.78 bits per heavy atom. The van der Waals surface area contributed by atoms with Gasteiger partial charge in [0.25, 0.3) is 0 Å². The van der Waals surface area contributed by atoms with Crippen LogP contribution < -0.4 is 0 Å². The van der Waals surface area contributed by atoms with E-state index >= 15 is 0 Å². The maximum Gasteiger partial charge on any atom is 0.332 e. The van der Waals surface area contributed by atoms with Gasteiger partial charge in [0.2, 0.25) is 0 Å². The van der Waals surface area contributed by atoms with Crippen LogP contribution in [0, 0.1) is 0 Å². The number of carboxylic acids is 1. The number of hydrogen-bond donors (Lipinski definition) is 1. The Morgan fingerprint density at radius 2 is 2.33 bits per heavy atom. The third kappa shape index (κ3) is 3.14. The van der Waals surface area contributed by atoms with Crippen molar-refractivity contribution in [2.45, 2.75) is 19.8 Å². The molecule has 0 aromatic carbocycles. The Bertz CT molecular complexity index is 129. The minimum atomic E-state index is -0.924. The fourth-order valence-corrected chi connectivity index (χ4v) is 0.680. The van der Waals surface area contributed by atoms with Crippen molar-refractivity contribution in [2.75, 3.05) is 0 Å². The number of hydrogen-bond acceptors (Lipinski definition) is 1. The molecule has 0 fully saturated rings. The van der Waals surface area contributed by atoms with E-state index in [1.807, 2.05) is 6.92 Å². The van der Waals surface area contributed by atoms with Crippen LogP contribution in [0.5, 0.6) is 0 Å². The van der Waals surface area contributed by atoms with Crippen molar-refractivity contribution in [3.8, 4) is 0 Å². The molecule has 0 aromatic heterocycles. The third-order valence-corrected chi connectivity index (χ3v) is 1.19. The van der Waals surface area contributed by atoms with Crippen LogP contribution in [0.4, 0.5) is 0 Å². The summed E-state index contributed by atoms with van der Waals surface area (Å²) in [5, 5.41) is 8.35. The fourth-order valence-electron chi connectivity index (χ4n) is 0.477. The molecule has 0 amide bonds. The van der Waals surface area contributed by atoms with Gasteiger partial charge in [-0.3, -0.25) is 0 Å². The van der Waals surface area contributed by atoms with Crippen molar-refractivity contribution in [2.24, 2.45) is 0 Å². The van der Waals surface area contributed by atoms with Crippen LogP contribution in [0.1, 0.15) is 19.8 Å². The molecule has 52 valence electrons. The van der Waals surface area contributed by atoms with Crippen molar-refractivity contribution < 1.29 is 9.90 Å². The molecule has 0 atom stereocenters. The minimum absolute atomic E-state index is 0.277. The summed E-state index contributed by atoms with van der Waals surface area (Å²) in [6.07, 6.45) is 1.35. The zero-order valence-corrected chi connectivity index (χ0v) is 5.98. The standard InChI is InChI=1S/C6H9ClO2/c1-2-3-5(4-7)6(8)9/h4H,2-3H2,1H3,(H,8,9). The lowest BCUT2D eigenvalue weighted by Crippen LogP contribution is -1.98. The summed E-state index contributed by atoms with van der Waals surface area (Å²) < 4.78 is 0. The first-order chi connectivity index (χ1) is 4.22. The second kappa shape index (κ2) is 4.39. The maximum atomic E-state index is 10.2. The van der Waals surface area contributed by atoms with Crippen molar-refractivity contribution in [3.63, 3.8) is 0 Å². The van der Waals surface area contributed by atoms with E-state index in [4.69, 9.17) is 16.7 Å². The average Bonchev–Trinajstić information content (AvgIpc) is 1.82. The predicted molar refractivity (Wildman–Crippen MR) is 36.5 cm³/mol. The highest BCUT2D eigenvalue weighted by Crippen LogP contribution is 2.05. The van der Waals surface area contributed by atoms with Crippen LogP contribution in [-0.2, 0) is 4.79 Å². The molecular weight excluding hydrogens is 140 g/mol. The van der Waals surface area contributed by atoms with Crippen molar-refractivity contribution in [1.82, 2.24) is 0 Å². The molecular formula is C6H9ClO2. The van der Waals surface area contributed by atoms with Crippen molar-refractivity contribution >= 4 is 17.6 Å². The highest BCUT2D eigenvalue weighted by atomic mass is 35.5. The smallest absolute Gasteiger partial charge is 0.332 e. The van der Waals surface area contributed by atoms with Gasteiger partial charge < -0.3 is 5.11 Å². The number of carbonyl (C=O) groups is 1. The quantitative estimate of drug-likeness (QED) is 0.622. The highest BCUT2D eigenvalue weighted by molar-refractivity contribution is 6.27. The molecule has 0 aliphatic carbocycles. The number of aliphatic carboxylic acids is 1. The minimum Gasteiger partial charge on any atom is -0.478 e. The lowest BCUT2D eigenvalue weighted by molar-refractivity contribution is -0.132.